The van der Waals surface area contributed by atoms with Gasteiger partial charge in [-0.1, -0.05) is 12.1 Å². The Balaban J connectivity index is 2.61. The van der Waals surface area contributed by atoms with Crippen molar-refractivity contribution in [2.24, 2.45) is 0 Å². The molecular weight excluding hydrogens is 208 g/mol. The first kappa shape index (κ1) is 10.1. The number of aliphatic carboxylic acids is 1. The molecule has 0 saturated carbocycles. The number of nitrogens with zero attached hydrogens (tertiary/aromatic N) is 2. The molecule has 5 nitrogen and oxygen atoms in total. The molecule has 0 spiro atoms. The van der Waals surface area contributed by atoms with E-state index in [0.29, 0.717) is 10.9 Å². The van der Waals surface area contributed by atoms with Crippen LogP contribution in [-0.4, -0.2) is 20.6 Å². The maximum Gasteiger partial charge on any atom is 0.329 e. The number of para-hydroxylation sites is 1. The molecule has 0 fully saturated rings. The molecule has 16 heavy (non-hydrogen) atoms. The maximum atomic E-state index is 11.8. The Morgan fingerprint density at radius 3 is 2.88 bits per heavy atom. The summed E-state index contributed by atoms with van der Waals surface area (Å²) in [7, 11) is 0. The second-order valence-corrected chi connectivity index (χ2v) is 3.13. The van der Waals surface area contributed by atoms with E-state index in [1.54, 1.807) is 24.3 Å². The molecular formula is C11H8N2O3. The largest absolute Gasteiger partial charge is 0.478 e. The van der Waals surface area contributed by atoms with E-state index in [2.05, 4.69) is 4.98 Å². The minimum absolute atomic E-state index is 0.289. The Labute approximate surface area is 90.3 Å². The summed E-state index contributed by atoms with van der Waals surface area (Å²) in [6.45, 7) is 0. The highest BCUT2D eigenvalue weighted by molar-refractivity contribution is 5.83. The van der Waals surface area contributed by atoms with Crippen LogP contribution in [0.3, 0.4) is 0 Å². The average Bonchev–Trinajstić information content (AvgIpc) is 2.28. The third kappa shape index (κ3) is 1.83. The van der Waals surface area contributed by atoms with Gasteiger partial charge in [-0.2, -0.15) is 0 Å². The van der Waals surface area contributed by atoms with Crippen molar-refractivity contribution in [2.45, 2.75) is 0 Å². The summed E-state index contributed by atoms with van der Waals surface area (Å²) in [5.74, 6) is -1.11. The van der Waals surface area contributed by atoms with Crippen molar-refractivity contribution < 1.29 is 9.90 Å². The number of carboxylic acids is 1. The fourth-order valence-electron chi connectivity index (χ4n) is 1.33. The molecule has 80 valence electrons. The van der Waals surface area contributed by atoms with Crippen LogP contribution in [0.2, 0.25) is 0 Å². The van der Waals surface area contributed by atoms with Gasteiger partial charge in [-0.25, -0.2) is 9.78 Å². The molecule has 0 amide bonds. The summed E-state index contributed by atoms with van der Waals surface area (Å²) >= 11 is 0. The van der Waals surface area contributed by atoms with Gasteiger partial charge >= 0.3 is 5.97 Å². The lowest BCUT2D eigenvalue weighted by Gasteiger charge is -1.99. The highest BCUT2D eigenvalue weighted by Gasteiger charge is 2.00. The monoisotopic (exact) mass is 216 g/mol. The van der Waals surface area contributed by atoms with Crippen LogP contribution in [0.5, 0.6) is 0 Å². The van der Waals surface area contributed by atoms with E-state index < -0.39 is 5.97 Å². The van der Waals surface area contributed by atoms with E-state index in [1.807, 2.05) is 0 Å². The summed E-state index contributed by atoms with van der Waals surface area (Å²) in [6.07, 6.45) is 3.35. The highest BCUT2D eigenvalue weighted by atomic mass is 16.4. The number of aromatic nitrogens is 2. The van der Waals surface area contributed by atoms with E-state index in [-0.39, 0.29) is 5.56 Å². The van der Waals surface area contributed by atoms with E-state index in [0.717, 1.165) is 10.6 Å². The molecule has 0 bridgehead atoms. The van der Waals surface area contributed by atoms with Crippen molar-refractivity contribution in [3.05, 3.63) is 47.0 Å². The van der Waals surface area contributed by atoms with Crippen LogP contribution in [-0.2, 0) is 4.79 Å². The van der Waals surface area contributed by atoms with Crippen molar-refractivity contribution in [3.8, 4) is 0 Å². The van der Waals surface area contributed by atoms with Gasteiger partial charge in [0, 0.05) is 12.3 Å². The predicted octanol–water partition coefficient (Wildman–Crippen LogP) is 0.952. The molecule has 0 aliphatic rings. The Bertz CT molecular complexity index is 628. The molecule has 2 aromatic rings. The first-order valence-corrected chi connectivity index (χ1v) is 4.55. The zero-order valence-electron chi connectivity index (χ0n) is 8.20. The Morgan fingerprint density at radius 2 is 2.12 bits per heavy atom. The van der Waals surface area contributed by atoms with Gasteiger partial charge in [0.15, 0.2) is 0 Å². The average molecular weight is 216 g/mol. The smallest absolute Gasteiger partial charge is 0.329 e. The molecule has 0 atom stereocenters. The molecule has 2 rings (SSSR count). The second-order valence-electron chi connectivity index (χ2n) is 3.13. The van der Waals surface area contributed by atoms with E-state index in [1.165, 1.54) is 12.5 Å². The molecule has 0 unspecified atom stereocenters. The number of hydrogen-bond donors (Lipinski definition) is 1. The van der Waals surface area contributed by atoms with Crippen LogP contribution in [0.15, 0.2) is 41.5 Å². The zero-order valence-corrected chi connectivity index (χ0v) is 8.20. The number of fused-ring (bicyclic) bond motifs is 1. The van der Waals surface area contributed by atoms with Crippen molar-refractivity contribution in [1.82, 2.24) is 9.55 Å². The van der Waals surface area contributed by atoms with Gasteiger partial charge < -0.3 is 5.11 Å². The van der Waals surface area contributed by atoms with Crippen molar-refractivity contribution in [1.29, 1.82) is 0 Å². The van der Waals surface area contributed by atoms with E-state index in [9.17, 15) is 9.59 Å². The van der Waals surface area contributed by atoms with E-state index >= 15 is 0 Å². The summed E-state index contributed by atoms with van der Waals surface area (Å²) in [5, 5.41) is 8.91. The lowest BCUT2D eigenvalue weighted by Crippen LogP contribution is -2.16. The molecule has 0 saturated heterocycles. The Hall–Kier alpha value is -2.43. The first-order valence-electron chi connectivity index (χ1n) is 4.55. The Kier molecular flexibility index (Phi) is 2.51. The van der Waals surface area contributed by atoms with Gasteiger partial charge in [0.2, 0.25) is 0 Å². The Morgan fingerprint density at radius 1 is 1.38 bits per heavy atom. The number of carboxylic acid groups (broad SMARTS) is 1. The minimum Gasteiger partial charge on any atom is -0.478 e. The molecule has 1 N–H and O–H groups in total. The highest BCUT2D eigenvalue weighted by Crippen LogP contribution is 2.04. The van der Waals surface area contributed by atoms with Crippen molar-refractivity contribution >= 4 is 23.1 Å². The quantitative estimate of drug-likeness (QED) is 0.758. The SMILES string of the molecule is O=C(O)C=Cn1cnc2ccccc2c1=O. The van der Waals surface area contributed by atoms with Gasteiger partial charge in [-0.05, 0) is 12.1 Å². The number of carbonyl (C=O) groups is 1. The fourth-order valence-corrected chi connectivity index (χ4v) is 1.33. The van der Waals surface area contributed by atoms with Crippen LogP contribution in [0.4, 0.5) is 0 Å². The van der Waals surface area contributed by atoms with Gasteiger partial charge in [0.1, 0.15) is 6.33 Å². The van der Waals surface area contributed by atoms with Crippen LogP contribution in [0.25, 0.3) is 17.1 Å². The summed E-state index contributed by atoms with van der Waals surface area (Å²) in [5.41, 5.74) is 0.301. The lowest BCUT2D eigenvalue weighted by molar-refractivity contribution is -0.131. The third-order valence-corrected chi connectivity index (χ3v) is 2.07. The van der Waals surface area contributed by atoms with Crippen LogP contribution >= 0.6 is 0 Å². The number of benzene rings is 1. The molecule has 0 radical (unpaired) electrons. The van der Waals surface area contributed by atoms with E-state index in [4.69, 9.17) is 5.11 Å². The second kappa shape index (κ2) is 3.98. The fraction of sp³-hybridized carbons (Fsp3) is 0. The minimum atomic E-state index is -1.11. The van der Waals surface area contributed by atoms with Crippen molar-refractivity contribution in [2.75, 3.05) is 0 Å². The van der Waals surface area contributed by atoms with Crippen LogP contribution in [0.1, 0.15) is 0 Å². The van der Waals surface area contributed by atoms with Gasteiger partial charge in [-0.3, -0.25) is 9.36 Å². The molecule has 1 heterocycles. The molecule has 0 aliphatic carbocycles. The molecule has 0 aliphatic heterocycles. The third-order valence-electron chi connectivity index (χ3n) is 2.07. The van der Waals surface area contributed by atoms with Gasteiger partial charge in [0.25, 0.3) is 5.56 Å². The van der Waals surface area contributed by atoms with Crippen LogP contribution < -0.4 is 5.56 Å². The molecule has 1 aromatic carbocycles. The summed E-state index contributed by atoms with van der Waals surface area (Å²) in [4.78, 5) is 26.2. The topological polar surface area (TPSA) is 72.2 Å². The van der Waals surface area contributed by atoms with Gasteiger partial charge in [0.05, 0.1) is 10.9 Å². The molecule has 5 heteroatoms. The number of hydrogen-bond acceptors (Lipinski definition) is 3. The standard InChI is InChI=1S/C11H8N2O3/c14-10(15)5-6-13-7-12-9-4-2-1-3-8(9)11(13)16/h1-7H,(H,14,15). The number of rotatable bonds is 2. The first-order chi connectivity index (χ1) is 7.68. The lowest BCUT2D eigenvalue weighted by atomic mass is 10.2. The molecule has 1 aromatic heterocycles. The van der Waals surface area contributed by atoms with Crippen molar-refractivity contribution in [3.63, 3.8) is 0 Å². The zero-order chi connectivity index (χ0) is 11.5. The van der Waals surface area contributed by atoms with Gasteiger partial charge in [-0.15, -0.1) is 0 Å². The predicted molar refractivity (Wildman–Crippen MR) is 59.0 cm³/mol. The van der Waals surface area contributed by atoms with Crippen LogP contribution in [0, 0.1) is 0 Å². The summed E-state index contributed by atoms with van der Waals surface area (Å²) < 4.78 is 1.14. The maximum absolute atomic E-state index is 11.8. The summed E-state index contributed by atoms with van der Waals surface area (Å²) in [6, 6.07) is 6.89. The normalized spacial score (nSPS) is 11.0.